The molecule has 0 saturated carbocycles. The van der Waals surface area contributed by atoms with E-state index in [-0.39, 0.29) is 29.3 Å². The fourth-order valence-electron chi connectivity index (χ4n) is 3.79. The fraction of sp³-hybridized carbons (Fsp3) is 0.318. The summed E-state index contributed by atoms with van der Waals surface area (Å²) in [7, 11) is 1.53. The summed E-state index contributed by atoms with van der Waals surface area (Å²) in [4.78, 5) is 13.6. The third-order valence-electron chi connectivity index (χ3n) is 5.20. The minimum Gasteiger partial charge on any atom is -0.504 e. The number of hydrogen-bond acceptors (Lipinski definition) is 8. The maximum absolute atomic E-state index is 12.5. The number of para-hydroxylation sites is 1. The van der Waals surface area contributed by atoms with Crippen molar-refractivity contribution in [2.75, 3.05) is 13.7 Å². The molecule has 158 valence electrons. The summed E-state index contributed by atoms with van der Waals surface area (Å²) in [6.07, 6.45) is 2.02. The Kier molecular flexibility index (Phi) is 6.17. The van der Waals surface area contributed by atoms with Gasteiger partial charge in [-0.05, 0) is 31.5 Å². The second-order valence-electron chi connectivity index (χ2n) is 7.00. The van der Waals surface area contributed by atoms with Gasteiger partial charge in [-0.1, -0.05) is 30.3 Å². The van der Waals surface area contributed by atoms with Crippen LogP contribution in [-0.4, -0.2) is 41.3 Å². The van der Waals surface area contributed by atoms with E-state index in [1.807, 2.05) is 35.3 Å². The Hall–Kier alpha value is -2.68. The maximum atomic E-state index is 12.5. The molecule has 0 radical (unpaired) electrons. The summed E-state index contributed by atoms with van der Waals surface area (Å²) >= 11 is 1.71. The number of nitrogens with zero attached hydrogens (tertiary/aromatic N) is 1. The lowest BCUT2D eigenvalue weighted by Crippen LogP contribution is -2.58. The van der Waals surface area contributed by atoms with Crippen LogP contribution in [0, 0.1) is 0 Å². The van der Waals surface area contributed by atoms with Gasteiger partial charge < -0.3 is 20.0 Å². The third-order valence-corrected chi connectivity index (χ3v) is 6.44. The third kappa shape index (κ3) is 3.98. The van der Waals surface area contributed by atoms with Gasteiger partial charge >= 0.3 is 5.97 Å². The zero-order valence-electron chi connectivity index (χ0n) is 16.9. The maximum Gasteiger partial charge on any atom is 0.338 e. The molecule has 2 aliphatic rings. The molecule has 3 unspecified atom stereocenters. The molecule has 3 atom stereocenters. The van der Waals surface area contributed by atoms with Crippen LogP contribution in [0.5, 0.6) is 11.5 Å². The Morgan fingerprint density at radius 3 is 2.77 bits per heavy atom. The zero-order chi connectivity index (χ0) is 21.1. The van der Waals surface area contributed by atoms with Crippen molar-refractivity contribution in [2.45, 2.75) is 35.8 Å². The Labute approximate surface area is 180 Å². The second-order valence-corrected chi connectivity index (χ2v) is 8.25. The molecular formula is C22H25N3O4S. The first kappa shape index (κ1) is 20.6. The molecule has 7 nitrogen and oxygen atoms in total. The van der Waals surface area contributed by atoms with Crippen molar-refractivity contribution in [3.63, 3.8) is 0 Å². The van der Waals surface area contributed by atoms with Gasteiger partial charge in [0.05, 0.1) is 24.7 Å². The predicted molar refractivity (Wildman–Crippen MR) is 115 cm³/mol. The smallest absolute Gasteiger partial charge is 0.338 e. The minimum absolute atomic E-state index is 0.0115. The van der Waals surface area contributed by atoms with Crippen molar-refractivity contribution < 1.29 is 19.4 Å². The fourth-order valence-corrected chi connectivity index (χ4v) is 5.00. The second kappa shape index (κ2) is 8.99. The SMILES string of the molecule is CCOC(=O)C1=CNN2C(Sc3ccccc3)CC(c3cccc(OC)c3O)NC12. The molecule has 8 heteroatoms. The van der Waals surface area contributed by atoms with E-state index in [0.717, 1.165) is 10.5 Å². The quantitative estimate of drug-likeness (QED) is 0.607. The van der Waals surface area contributed by atoms with Gasteiger partial charge in [0.2, 0.25) is 0 Å². The number of ether oxygens (including phenoxy) is 2. The molecule has 2 aromatic rings. The number of fused-ring (bicyclic) bond motifs is 1. The van der Waals surface area contributed by atoms with E-state index in [1.165, 1.54) is 7.11 Å². The summed E-state index contributed by atoms with van der Waals surface area (Å²) < 4.78 is 10.5. The highest BCUT2D eigenvalue weighted by atomic mass is 32.2. The first-order valence-corrected chi connectivity index (χ1v) is 10.8. The Bertz CT molecular complexity index is 937. The predicted octanol–water partition coefficient (Wildman–Crippen LogP) is 3.15. The van der Waals surface area contributed by atoms with Crippen LogP contribution in [0.3, 0.4) is 0 Å². The van der Waals surface area contributed by atoms with E-state index in [0.29, 0.717) is 24.4 Å². The average Bonchev–Trinajstić information content (AvgIpc) is 3.19. The number of esters is 1. The van der Waals surface area contributed by atoms with E-state index in [9.17, 15) is 9.90 Å². The normalized spacial score (nSPS) is 23.3. The monoisotopic (exact) mass is 427 g/mol. The van der Waals surface area contributed by atoms with Gasteiger partial charge in [0.15, 0.2) is 11.5 Å². The van der Waals surface area contributed by atoms with E-state index < -0.39 is 0 Å². The molecular weight excluding hydrogens is 402 g/mol. The summed E-state index contributed by atoms with van der Waals surface area (Å²) in [5.41, 5.74) is 4.48. The first-order chi connectivity index (χ1) is 14.6. The van der Waals surface area contributed by atoms with Crippen LogP contribution >= 0.6 is 11.8 Å². The number of carbonyl (C=O) groups is 1. The number of phenolic OH excluding ortho intramolecular Hbond substituents is 1. The molecule has 0 spiro atoms. The standard InChI is InChI=1S/C22H25N3O4S/c1-3-29-22(27)16-13-23-25-19(30-14-8-5-4-6-9-14)12-17(24-21(16)25)15-10-7-11-18(28-2)20(15)26/h4-11,13,17,19,21,23-24,26H,3,12H2,1-2H3. The summed E-state index contributed by atoms with van der Waals surface area (Å²) in [6, 6.07) is 15.4. The average molecular weight is 428 g/mol. The molecule has 0 amide bonds. The molecule has 2 aromatic carbocycles. The number of aromatic hydroxyl groups is 1. The van der Waals surface area contributed by atoms with E-state index in [2.05, 4.69) is 22.9 Å². The number of hydrogen-bond donors (Lipinski definition) is 3. The Balaban J connectivity index is 1.65. The molecule has 3 N–H and O–H groups in total. The Morgan fingerprint density at radius 1 is 1.23 bits per heavy atom. The summed E-state index contributed by atoms with van der Waals surface area (Å²) in [5.74, 6) is 0.181. The lowest BCUT2D eigenvalue weighted by atomic mass is 9.98. The summed E-state index contributed by atoms with van der Waals surface area (Å²) in [6.45, 7) is 2.10. The van der Waals surface area contributed by atoms with Crippen LogP contribution in [-0.2, 0) is 9.53 Å². The molecule has 2 aliphatic heterocycles. The van der Waals surface area contributed by atoms with Crippen LogP contribution < -0.4 is 15.5 Å². The number of thioether (sulfide) groups is 1. The van der Waals surface area contributed by atoms with Gasteiger partial charge in [0, 0.05) is 22.7 Å². The van der Waals surface area contributed by atoms with Crippen LogP contribution in [0.1, 0.15) is 24.9 Å². The van der Waals surface area contributed by atoms with Crippen LogP contribution in [0.15, 0.2) is 65.2 Å². The highest BCUT2D eigenvalue weighted by molar-refractivity contribution is 7.99. The largest absolute Gasteiger partial charge is 0.504 e. The molecule has 2 heterocycles. The molecule has 0 aliphatic carbocycles. The number of carbonyl (C=O) groups excluding carboxylic acids is 1. The van der Waals surface area contributed by atoms with E-state index in [1.54, 1.807) is 31.0 Å². The molecule has 4 rings (SSSR count). The number of hydrazine groups is 1. The highest BCUT2D eigenvalue weighted by Crippen LogP contribution is 2.42. The van der Waals surface area contributed by atoms with Gasteiger partial charge in [-0.25, -0.2) is 4.79 Å². The van der Waals surface area contributed by atoms with Gasteiger partial charge in [-0.2, -0.15) is 5.01 Å². The van der Waals surface area contributed by atoms with Crippen LogP contribution in [0.25, 0.3) is 0 Å². The van der Waals surface area contributed by atoms with Crippen molar-refractivity contribution >= 4 is 17.7 Å². The van der Waals surface area contributed by atoms with Crippen molar-refractivity contribution in [1.29, 1.82) is 0 Å². The number of nitrogens with one attached hydrogen (secondary N) is 2. The Morgan fingerprint density at radius 2 is 2.03 bits per heavy atom. The number of rotatable bonds is 6. The highest BCUT2D eigenvalue weighted by Gasteiger charge is 2.44. The lowest BCUT2D eigenvalue weighted by Gasteiger charge is -2.42. The van der Waals surface area contributed by atoms with Gasteiger partial charge in [-0.15, -0.1) is 11.8 Å². The van der Waals surface area contributed by atoms with Crippen molar-refractivity contribution in [3.05, 3.63) is 65.9 Å². The molecule has 1 fully saturated rings. The first-order valence-electron chi connectivity index (χ1n) is 9.87. The number of benzene rings is 2. The summed E-state index contributed by atoms with van der Waals surface area (Å²) in [5, 5.41) is 16.2. The molecule has 0 bridgehead atoms. The topological polar surface area (TPSA) is 83.1 Å². The van der Waals surface area contributed by atoms with E-state index >= 15 is 0 Å². The number of phenols is 1. The molecule has 0 aromatic heterocycles. The van der Waals surface area contributed by atoms with Gasteiger partial charge in [0.25, 0.3) is 0 Å². The molecule has 30 heavy (non-hydrogen) atoms. The van der Waals surface area contributed by atoms with Crippen molar-refractivity contribution in [1.82, 2.24) is 15.8 Å². The van der Waals surface area contributed by atoms with Crippen LogP contribution in [0.2, 0.25) is 0 Å². The minimum atomic E-state index is -0.380. The zero-order valence-corrected chi connectivity index (χ0v) is 17.7. The van der Waals surface area contributed by atoms with Crippen molar-refractivity contribution in [2.24, 2.45) is 0 Å². The van der Waals surface area contributed by atoms with Crippen LogP contribution in [0.4, 0.5) is 0 Å². The molecule has 1 saturated heterocycles. The lowest BCUT2D eigenvalue weighted by molar-refractivity contribution is -0.139. The van der Waals surface area contributed by atoms with Gasteiger partial charge in [-0.3, -0.25) is 5.32 Å². The number of methoxy groups -OCH3 is 1. The van der Waals surface area contributed by atoms with Crippen molar-refractivity contribution in [3.8, 4) is 11.5 Å². The van der Waals surface area contributed by atoms with Gasteiger partial charge in [0.1, 0.15) is 6.17 Å². The van der Waals surface area contributed by atoms with E-state index in [4.69, 9.17) is 9.47 Å².